The van der Waals surface area contributed by atoms with Gasteiger partial charge in [-0.05, 0) is 36.8 Å². The van der Waals surface area contributed by atoms with Crippen LogP contribution in [0.3, 0.4) is 0 Å². The van der Waals surface area contributed by atoms with Gasteiger partial charge in [0.2, 0.25) is 0 Å². The fraction of sp³-hybridized carbons (Fsp3) is 0.538. The first-order valence-corrected chi connectivity index (χ1v) is 5.63. The van der Waals surface area contributed by atoms with Crippen LogP contribution < -0.4 is 0 Å². The highest BCUT2D eigenvalue weighted by molar-refractivity contribution is 5.96. The molecule has 0 N–H and O–H groups in total. The number of fused-ring (bicyclic) bond motifs is 1. The Kier molecular flexibility index (Phi) is 2.59. The summed E-state index contributed by atoms with van der Waals surface area (Å²) in [5.41, 5.74) is 4.17. The molecule has 1 aromatic rings. The van der Waals surface area contributed by atoms with Gasteiger partial charge in [0.15, 0.2) is 5.78 Å². The molecule has 0 spiro atoms. The maximum Gasteiger partial charge on any atom is 0.181 e. The molecular formula is C13H17NO. The number of rotatable bonds is 1. The smallest absolute Gasteiger partial charge is 0.181 e. The molecule has 0 fully saturated rings. The molecule has 1 aliphatic carbocycles. The van der Waals surface area contributed by atoms with E-state index in [1.165, 1.54) is 5.56 Å². The highest BCUT2D eigenvalue weighted by Gasteiger charge is 2.20. The normalized spacial score (nSPS) is 15.6. The van der Waals surface area contributed by atoms with Crippen LogP contribution in [0.2, 0.25) is 0 Å². The Morgan fingerprint density at radius 3 is 2.73 bits per heavy atom. The summed E-state index contributed by atoms with van der Waals surface area (Å²) < 4.78 is 0. The second-order valence-corrected chi connectivity index (χ2v) is 4.60. The predicted molar refractivity (Wildman–Crippen MR) is 60.3 cm³/mol. The zero-order valence-corrected chi connectivity index (χ0v) is 9.63. The highest BCUT2D eigenvalue weighted by atomic mass is 16.1. The largest absolute Gasteiger partial charge is 0.292 e. The van der Waals surface area contributed by atoms with Crippen LogP contribution >= 0.6 is 0 Å². The Bertz CT molecular complexity index is 407. The lowest BCUT2D eigenvalue weighted by molar-refractivity contribution is 0.0967. The van der Waals surface area contributed by atoms with E-state index < -0.39 is 0 Å². The molecule has 0 saturated heterocycles. The van der Waals surface area contributed by atoms with Crippen LogP contribution in [0, 0.1) is 6.92 Å². The molecule has 15 heavy (non-hydrogen) atoms. The van der Waals surface area contributed by atoms with Gasteiger partial charge < -0.3 is 0 Å². The van der Waals surface area contributed by atoms with Gasteiger partial charge >= 0.3 is 0 Å². The van der Waals surface area contributed by atoms with E-state index in [-0.39, 0.29) is 5.78 Å². The van der Waals surface area contributed by atoms with E-state index in [9.17, 15) is 4.79 Å². The van der Waals surface area contributed by atoms with Gasteiger partial charge in [-0.2, -0.15) is 0 Å². The van der Waals surface area contributed by atoms with E-state index in [0.29, 0.717) is 12.3 Å². The van der Waals surface area contributed by atoms with Crippen LogP contribution in [0.15, 0.2) is 6.07 Å². The number of hydrogen-bond acceptors (Lipinski definition) is 2. The first-order valence-electron chi connectivity index (χ1n) is 5.63. The quantitative estimate of drug-likeness (QED) is 0.702. The molecule has 0 aromatic carbocycles. The molecule has 2 nitrogen and oxygen atoms in total. The molecule has 1 aromatic heterocycles. The maximum absolute atomic E-state index is 11.7. The van der Waals surface area contributed by atoms with Crippen LogP contribution in [0.5, 0.6) is 0 Å². The maximum atomic E-state index is 11.7. The minimum atomic E-state index is 0.217. The van der Waals surface area contributed by atoms with E-state index in [1.807, 2.05) is 6.92 Å². The molecule has 2 heteroatoms. The number of ketones is 1. The van der Waals surface area contributed by atoms with E-state index in [4.69, 9.17) is 0 Å². The molecule has 0 unspecified atom stereocenters. The number of pyridine rings is 1. The third-order valence-electron chi connectivity index (χ3n) is 3.07. The summed E-state index contributed by atoms with van der Waals surface area (Å²) in [6.07, 6.45) is 2.66. The molecular weight excluding hydrogens is 186 g/mol. The van der Waals surface area contributed by atoms with E-state index in [2.05, 4.69) is 24.9 Å². The first-order chi connectivity index (χ1) is 7.09. The monoisotopic (exact) mass is 203 g/mol. The molecule has 80 valence electrons. The zero-order valence-electron chi connectivity index (χ0n) is 9.63. The average molecular weight is 203 g/mol. The van der Waals surface area contributed by atoms with Gasteiger partial charge in [-0.3, -0.25) is 4.79 Å². The van der Waals surface area contributed by atoms with Crippen molar-refractivity contribution in [2.24, 2.45) is 0 Å². The molecule has 0 saturated carbocycles. The minimum Gasteiger partial charge on any atom is -0.292 e. The number of aryl methyl sites for hydroxylation is 2. The number of hydrogen-bond donors (Lipinski definition) is 0. The van der Waals surface area contributed by atoms with Crippen molar-refractivity contribution in [1.82, 2.24) is 4.98 Å². The number of aromatic nitrogens is 1. The molecule has 0 atom stereocenters. The molecule has 0 bridgehead atoms. The van der Waals surface area contributed by atoms with Gasteiger partial charge in [0.25, 0.3) is 0 Å². The Hall–Kier alpha value is -1.18. The highest BCUT2D eigenvalue weighted by Crippen LogP contribution is 2.25. The fourth-order valence-electron chi connectivity index (χ4n) is 2.24. The van der Waals surface area contributed by atoms with Crippen molar-refractivity contribution < 1.29 is 4.79 Å². The van der Waals surface area contributed by atoms with Crippen molar-refractivity contribution in [1.29, 1.82) is 0 Å². The summed E-state index contributed by atoms with van der Waals surface area (Å²) in [4.78, 5) is 16.1. The van der Waals surface area contributed by atoms with Crippen molar-refractivity contribution >= 4 is 5.78 Å². The summed E-state index contributed by atoms with van der Waals surface area (Å²) in [5, 5.41) is 0. The Balaban J connectivity index is 2.54. The molecule has 1 heterocycles. The van der Waals surface area contributed by atoms with Crippen LogP contribution in [0.25, 0.3) is 0 Å². The SMILES string of the molecule is Cc1nc2c(cc1C(C)C)CCCC2=O. The summed E-state index contributed by atoms with van der Waals surface area (Å²) in [7, 11) is 0. The van der Waals surface area contributed by atoms with Gasteiger partial charge in [-0.25, -0.2) is 4.98 Å². The van der Waals surface area contributed by atoms with Crippen molar-refractivity contribution in [2.45, 2.75) is 46.0 Å². The molecule has 1 aliphatic rings. The molecule has 2 rings (SSSR count). The van der Waals surface area contributed by atoms with Crippen molar-refractivity contribution in [3.8, 4) is 0 Å². The second kappa shape index (κ2) is 3.76. The number of nitrogens with zero attached hydrogens (tertiary/aromatic N) is 1. The lowest BCUT2D eigenvalue weighted by Crippen LogP contribution is -2.15. The summed E-state index contributed by atoms with van der Waals surface area (Å²) >= 11 is 0. The number of carbonyl (C=O) groups is 1. The zero-order chi connectivity index (χ0) is 11.0. The molecule has 0 radical (unpaired) electrons. The molecule has 0 aliphatic heterocycles. The standard InChI is InChI=1S/C13H17NO/c1-8(2)11-7-10-5-4-6-12(15)13(10)14-9(11)3/h7-8H,4-6H2,1-3H3. The summed E-state index contributed by atoms with van der Waals surface area (Å²) in [6.45, 7) is 6.33. The minimum absolute atomic E-state index is 0.217. The van der Waals surface area contributed by atoms with Gasteiger partial charge in [0.05, 0.1) is 0 Å². The van der Waals surface area contributed by atoms with E-state index >= 15 is 0 Å². The first kappa shape index (κ1) is 10.3. The predicted octanol–water partition coefficient (Wildman–Crippen LogP) is 3.03. The number of carbonyl (C=O) groups excluding carboxylic acids is 1. The molecule has 0 amide bonds. The van der Waals surface area contributed by atoms with E-state index in [1.54, 1.807) is 0 Å². The lowest BCUT2D eigenvalue weighted by Gasteiger charge is -2.18. The van der Waals surface area contributed by atoms with E-state index in [0.717, 1.165) is 29.8 Å². The van der Waals surface area contributed by atoms with Crippen molar-refractivity contribution in [3.63, 3.8) is 0 Å². The number of Topliss-reactive ketones (excluding diaryl/α,β-unsaturated/α-hetero) is 1. The Labute approximate surface area is 90.7 Å². The van der Waals surface area contributed by atoms with Gasteiger partial charge in [0, 0.05) is 12.1 Å². The third-order valence-corrected chi connectivity index (χ3v) is 3.07. The van der Waals surface area contributed by atoms with Gasteiger partial charge in [-0.1, -0.05) is 19.9 Å². The average Bonchev–Trinajstić information content (AvgIpc) is 2.18. The van der Waals surface area contributed by atoms with Gasteiger partial charge in [0.1, 0.15) is 5.69 Å². The van der Waals surface area contributed by atoms with Crippen LogP contribution in [-0.4, -0.2) is 10.8 Å². The second-order valence-electron chi connectivity index (χ2n) is 4.60. The van der Waals surface area contributed by atoms with Crippen LogP contribution in [0.1, 0.15) is 59.9 Å². The Morgan fingerprint density at radius 2 is 2.07 bits per heavy atom. The topological polar surface area (TPSA) is 30.0 Å². The third kappa shape index (κ3) is 1.81. The van der Waals surface area contributed by atoms with Crippen LogP contribution in [0.4, 0.5) is 0 Å². The fourth-order valence-corrected chi connectivity index (χ4v) is 2.24. The lowest BCUT2D eigenvalue weighted by atomic mass is 9.90. The van der Waals surface area contributed by atoms with Crippen molar-refractivity contribution in [3.05, 3.63) is 28.6 Å². The summed E-state index contributed by atoms with van der Waals surface area (Å²) in [5.74, 6) is 0.703. The Morgan fingerprint density at radius 1 is 1.33 bits per heavy atom. The summed E-state index contributed by atoms with van der Waals surface area (Å²) in [6, 6.07) is 2.18. The van der Waals surface area contributed by atoms with Crippen LogP contribution in [-0.2, 0) is 6.42 Å². The van der Waals surface area contributed by atoms with Crippen molar-refractivity contribution in [2.75, 3.05) is 0 Å². The van der Waals surface area contributed by atoms with Gasteiger partial charge in [-0.15, -0.1) is 0 Å².